The van der Waals surface area contributed by atoms with Crippen molar-refractivity contribution >= 4 is 11.5 Å². The molecule has 1 spiro atoms. The number of hydrogen-bond donors (Lipinski definition) is 0. The van der Waals surface area contributed by atoms with Crippen molar-refractivity contribution in [3.05, 3.63) is 41.0 Å². The Balaban J connectivity index is 0.00000208. The van der Waals surface area contributed by atoms with Gasteiger partial charge in [-0.15, -0.1) is 35.4 Å². The van der Waals surface area contributed by atoms with Gasteiger partial charge in [-0.1, -0.05) is 26.3 Å². The summed E-state index contributed by atoms with van der Waals surface area (Å²) in [6.07, 6.45) is 2.68. The molecule has 1 saturated carbocycles. The van der Waals surface area contributed by atoms with E-state index < -0.39 is 5.60 Å². The van der Waals surface area contributed by atoms with Crippen molar-refractivity contribution < 1.29 is 35.3 Å². The van der Waals surface area contributed by atoms with E-state index in [0.717, 1.165) is 36.0 Å². The summed E-state index contributed by atoms with van der Waals surface area (Å²) in [6.45, 7) is 8.49. The van der Waals surface area contributed by atoms with Crippen LogP contribution in [-0.4, -0.2) is 24.8 Å². The Bertz CT molecular complexity index is 677. The normalized spacial score (nSPS) is 28.7. The first-order valence-corrected chi connectivity index (χ1v) is 8.23. The topological polar surface area (TPSA) is 35.5 Å². The summed E-state index contributed by atoms with van der Waals surface area (Å²) in [7, 11) is 1.74. The number of hydrogen-bond acceptors (Lipinski definition) is 3. The molecule has 2 unspecified atom stereocenters. The van der Waals surface area contributed by atoms with E-state index in [0.29, 0.717) is 5.57 Å². The van der Waals surface area contributed by atoms with E-state index in [1.807, 2.05) is 32.0 Å². The van der Waals surface area contributed by atoms with Crippen molar-refractivity contribution in [3.8, 4) is 0 Å². The van der Waals surface area contributed by atoms with E-state index in [-0.39, 0.29) is 38.6 Å². The fraction of sp³-hybridized carbons (Fsp3) is 0.550. The molecule has 1 aromatic rings. The van der Waals surface area contributed by atoms with Gasteiger partial charge in [0.25, 0.3) is 5.97 Å². The zero-order chi connectivity index (χ0) is 16.8. The minimum atomic E-state index is -0.537. The van der Waals surface area contributed by atoms with Crippen LogP contribution in [0.2, 0.25) is 0 Å². The molecular formula is C20H25O3W-. The Labute approximate surface area is 159 Å². The zero-order valence-corrected chi connectivity index (χ0v) is 18.0. The van der Waals surface area contributed by atoms with Gasteiger partial charge in [0, 0.05) is 34.6 Å². The van der Waals surface area contributed by atoms with Crippen molar-refractivity contribution in [2.45, 2.75) is 58.7 Å². The molecule has 1 aliphatic carbocycles. The van der Waals surface area contributed by atoms with E-state index in [1.54, 1.807) is 7.11 Å². The van der Waals surface area contributed by atoms with Crippen LogP contribution in [0.5, 0.6) is 0 Å². The largest absolute Gasteiger partial charge is 0.459 e. The van der Waals surface area contributed by atoms with Gasteiger partial charge in [0.15, 0.2) is 0 Å². The van der Waals surface area contributed by atoms with Crippen LogP contribution < -0.4 is 0 Å². The zero-order valence-electron chi connectivity index (χ0n) is 15.1. The van der Waals surface area contributed by atoms with Crippen LogP contribution in [0.25, 0.3) is 5.57 Å². The number of carbonyl (C=O) groups is 1. The van der Waals surface area contributed by atoms with Gasteiger partial charge in [0.1, 0.15) is 5.60 Å². The number of aryl methyl sites for hydroxylation is 1. The summed E-state index contributed by atoms with van der Waals surface area (Å²) in [5.74, 6) is -0.222. The summed E-state index contributed by atoms with van der Waals surface area (Å²) in [6, 6.07) is 9.02. The summed E-state index contributed by atoms with van der Waals surface area (Å²) in [5, 5.41) is 0. The predicted molar refractivity (Wildman–Crippen MR) is 89.9 cm³/mol. The summed E-state index contributed by atoms with van der Waals surface area (Å²) < 4.78 is 11.6. The standard InChI is InChI=1S/C20H25O3.W/c1-13-8-6-7-9-16(13)17-14(2)20(23-18(17)21)11-15(22-5)10-19(3,4)12-20;/h6-8,15H,10-12H2,1-5H3;/q-1;. The first-order valence-electron chi connectivity index (χ1n) is 8.23. The Morgan fingerprint density at radius 3 is 2.62 bits per heavy atom. The minimum absolute atomic E-state index is 0. The molecule has 24 heavy (non-hydrogen) atoms. The minimum Gasteiger partial charge on any atom is -0.459 e. The molecule has 4 heteroatoms. The molecule has 1 aliphatic heterocycles. The molecule has 0 radical (unpaired) electrons. The van der Waals surface area contributed by atoms with Crippen molar-refractivity contribution in [2.75, 3.05) is 7.11 Å². The smallest absolute Gasteiger partial charge is 0.296 e. The third-order valence-corrected chi connectivity index (χ3v) is 5.30. The second kappa shape index (κ2) is 6.77. The van der Waals surface area contributed by atoms with Gasteiger partial charge in [-0.05, 0) is 30.8 Å². The number of esters is 1. The number of carbonyl (C=O) groups excluding carboxylic acids is 1. The maximum Gasteiger partial charge on any atom is 0.296 e. The molecule has 0 N–H and O–H groups in total. The third kappa shape index (κ3) is 3.26. The predicted octanol–water partition coefficient (Wildman–Crippen LogP) is 4.09. The molecule has 130 valence electrons. The number of ether oxygens (including phenoxy) is 2. The van der Waals surface area contributed by atoms with Crippen LogP contribution in [0.3, 0.4) is 0 Å². The molecule has 1 aromatic carbocycles. The van der Waals surface area contributed by atoms with Crippen LogP contribution in [0.1, 0.15) is 51.2 Å². The Hall–Kier alpha value is -0.922. The molecular weight excluding hydrogens is 472 g/mol. The van der Waals surface area contributed by atoms with Gasteiger partial charge in [-0.2, -0.15) is 0 Å². The second-order valence-corrected chi connectivity index (χ2v) is 7.72. The van der Waals surface area contributed by atoms with Gasteiger partial charge in [0.2, 0.25) is 0 Å². The molecule has 2 atom stereocenters. The number of rotatable bonds is 2. The van der Waals surface area contributed by atoms with Crippen molar-refractivity contribution in [1.29, 1.82) is 0 Å². The summed E-state index contributed by atoms with van der Waals surface area (Å²) in [4.78, 5) is 12.7. The van der Waals surface area contributed by atoms with Gasteiger partial charge in [-0.25, -0.2) is 0 Å². The summed E-state index contributed by atoms with van der Waals surface area (Å²) in [5.41, 5.74) is 3.17. The van der Waals surface area contributed by atoms with Gasteiger partial charge in [-0.3, -0.25) is 4.79 Å². The Kier molecular flexibility index (Phi) is 5.47. The Morgan fingerprint density at radius 2 is 2.00 bits per heavy atom. The van der Waals surface area contributed by atoms with E-state index in [4.69, 9.17) is 9.47 Å². The van der Waals surface area contributed by atoms with Crippen LogP contribution in [0, 0.1) is 18.4 Å². The molecule has 0 saturated heterocycles. The molecule has 2 aliphatic rings. The first kappa shape index (κ1) is 19.4. The SMILES string of the molecule is COC1CC(C)(C)CC2(C1)OC(=O)C(c1[c-]cccc1C)=C2C.[W]. The molecule has 3 rings (SSSR count). The first-order chi connectivity index (χ1) is 10.8. The molecule has 0 bridgehead atoms. The molecule has 1 fully saturated rings. The average molecular weight is 497 g/mol. The molecule has 3 nitrogen and oxygen atoms in total. The molecule has 0 amide bonds. The number of methoxy groups -OCH3 is 1. The van der Waals surface area contributed by atoms with Crippen molar-refractivity contribution in [2.24, 2.45) is 5.41 Å². The fourth-order valence-corrected chi connectivity index (χ4v) is 4.27. The van der Waals surface area contributed by atoms with Gasteiger partial charge in [0.05, 0.1) is 6.10 Å². The maximum absolute atomic E-state index is 12.7. The monoisotopic (exact) mass is 497 g/mol. The van der Waals surface area contributed by atoms with Gasteiger partial charge < -0.3 is 9.47 Å². The Morgan fingerprint density at radius 1 is 1.29 bits per heavy atom. The molecule has 1 heterocycles. The number of benzene rings is 1. The summed E-state index contributed by atoms with van der Waals surface area (Å²) >= 11 is 0. The van der Waals surface area contributed by atoms with Gasteiger partial charge >= 0.3 is 0 Å². The quantitative estimate of drug-likeness (QED) is 0.457. The second-order valence-electron chi connectivity index (χ2n) is 7.72. The van der Waals surface area contributed by atoms with Crippen LogP contribution in [-0.2, 0) is 35.3 Å². The molecule has 0 aromatic heterocycles. The fourth-order valence-electron chi connectivity index (χ4n) is 4.27. The van der Waals surface area contributed by atoms with Crippen molar-refractivity contribution in [3.63, 3.8) is 0 Å². The third-order valence-electron chi connectivity index (χ3n) is 5.30. The van der Waals surface area contributed by atoms with Crippen molar-refractivity contribution in [1.82, 2.24) is 0 Å². The van der Waals surface area contributed by atoms with Crippen LogP contribution in [0.4, 0.5) is 0 Å². The van der Waals surface area contributed by atoms with Crippen LogP contribution >= 0.6 is 0 Å². The van der Waals surface area contributed by atoms with E-state index in [1.165, 1.54) is 0 Å². The van der Waals surface area contributed by atoms with E-state index in [2.05, 4.69) is 19.9 Å². The average Bonchev–Trinajstić information content (AvgIpc) is 2.68. The van der Waals surface area contributed by atoms with Crippen LogP contribution in [0.15, 0.2) is 23.8 Å². The van der Waals surface area contributed by atoms with E-state index >= 15 is 0 Å². The maximum atomic E-state index is 12.7. The van der Waals surface area contributed by atoms with E-state index in [9.17, 15) is 4.79 Å².